The van der Waals surface area contributed by atoms with Crippen LogP contribution in [-0.4, -0.2) is 10.8 Å². The lowest BCUT2D eigenvalue weighted by atomic mass is 9.96. The Morgan fingerprint density at radius 3 is 2.44 bits per heavy atom. The van der Waals surface area contributed by atoms with Gasteiger partial charge in [-0.05, 0) is 30.0 Å². The van der Waals surface area contributed by atoms with Crippen LogP contribution in [0, 0.1) is 0 Å². The molecule has 2 nitrogen and oxygen atoms in total. The minimum atomic E-state index is 0.0267. The summed E-state index contributed by atoms with van der Waals surface area (Å²) in [5.74, 6) is 0.561. The van der Waals surface area contributed by atoms with Crippen LogP contribution in [0.2, 0.25) is 0 Å². The predicted molar refractivity (Wildman–Crippen MR) is 72.8 cm³/mol. The number of aromatic nitrogens is 1. The largest absolute Gasteiger partial charge is 0.289 e. The Balaban J connectivity index is 2.22. The first-order valence-electron chi connectivity index (χ1n) is 6.27. The number of nitrogens with zero attached hydrogens (tertiary/aromatic N) is 1. The number of hydrogen-bond donors (Lipinski definition) is 0. The summed E-state index contributed by atoms with van der Waals surface area (Å²) < 4.78 is 0. The summed E-state index contributed by atoms with van der Waals surface area (Å²) in [6.07, 6.45) is 4.38. The van der Waals surface area contributed by atoms with Crippen LogP contribution in [0.25, 0.3) is 0 Å². The van der Waals surface area contributed by atoms with Gasteiger partial charge in [0.15, 0.2) is 5.78 Å². The molecule has 0 spiro atoms. The van der Waals surface area contributed by atoms with Crippen molar-refractivity contribution in [2.75, 3.05) is 0 Å². The molecular formula is C16H17NO. The summed E-state index contributed by atoms with van der Waals surface area (Å²) in [4.78, 5) is 16.1. The monoisotopic (exact) mass is 239 g/mol. The van der Waals surface area contributed by atoms with Gasteiger partial charge in [-0.2, -0.15) is 0 Å². The Bertz CT molecular complexity index is 517. The molecule has 2 aromatic rings. The van der Waals surface area contributed by atoms with Crippen LogP contribution in [0.1, 0.15) is 47.7 Å². The SMILES string of the molecule is CCC(C)c1ccc(C(=O)c2cccnc2)cc1. The molecule has 0 N–H and O–H groups in total. The molecule has 1 heterocycles. The number of hydrogen-bond acceptors (Lipinski definition) is 2. The summed E-state index contributed by atoms with van der Waals surface area (Å²) in [7, 11) is 0. The molecule has 0 aliphatic carbocycles. The molecule has 1 atom stereocenters. The van der Waals surface area contributed by atoms with Gasteiger partial charge in [0.05, 0.1) is 0 Å². The van der Waals surface area contributed by atoms with Crippen LogP contribution in [0.4, 0.5) is 0 Å². The lowest BCUT2D eigenvalue weighted by Gasteiger charge is -2.09. The first-order valence-corrected chi connectivity index (χ1v) is 6.27. The third-order valence-corrected chi connectivity index (χ3v) is 3.28. The molecule has 1 aromatic carbocycles. The second-order valence-electron chi connectivity index (χ2n) is 4.50. The predicted octanol–water partition coefficient (Wildman–Crippen LogP) is 3.83. The molecule has 0 aliphatic heterocycles. The van der Waals surface area contributed by atoms with E-state index in [1.54, 1.807) is 24.5 Å². The van der Waals surface area contributed by atoms with Crippen molar-refractivity contribution >= 4 is 5.78 Å². The number of carbonyl (C=O) groups is 1. The van der Waals surface area contributed by atoms with E-state index in [9.17, 15) is 4.79 Å². The van der Waals surface area contributed by atoms with Gasteiger partial charge in [0.2, 0.25) is 0 Å². The van der Waals surface area contributed by atoms with E-state index in [1.165, 1.54) is 5.56 Å². The Hall–Kier alpha value is -1.96. The molecule has 0 saturated heterocycles. The van der Waals surface area contributed by atoms with Crippen LogP contribution >= 0.6 is 0 Å². The summed E-state index contributed by atoms with van der Waals surface area (Å²) in [5.41, 5.74) is 2.63. The van der Waals surface area contributed by atoms with Crippen molar-refractivity contribution in [3.05, 3.63) is 65.5 Å². The Morgan fingerprint density at radius 2 is 1.89 bits per heavy atom. The number of rotatable bonds is 4. The zero-order valence-corrected chi connectivity index (χ0v) is 10.8. The fraction of sp³-hybridized carbons (Fsp3) is 0.250. The molecule has 0 bridgehead atoms. The topological polar surface area (TPSA) is 30.0 Å². The minimum absolute atomic E-state index is 0.0267. The lowest BCUT2D eigenvalue weighted by Crippen LogP contribution is -2.02. The second kappa shape index (κ2) is 5.58. The molecule has 2 heteroatoms. The van der Waals surface area contributed by atoms with Crippen LogP contribution in [0.3, 0.4) is 0 Å². The summed E-state index contributed by atoms with van der Waals surface area (Å²) in [6, 6.07) is 11.4. The molecule has 0 fully saturated rings. The summed E-state index contributed by atoms with van der Waals surface area (Å²) in [5, 5.41) is 0. The standard InChI is InChI=1S/C16H17NO/c1-3-12(2)13-6-8-14(9-7-13)16(18)15-5-4-10-17-11-15/h4-12H,3H2,1-2H3. The molecule has 2 rings (SSSR count). The van der Waals surface area contributed by atoms with Crippen molar-refractivity contribution in [2.45, 2.75) is 26.2 Å². The van der Waals surface area contributed by atoms with Crippen molar-refractivity contribution in [3.8, 4) is 0 Å². The normalized spacial score (nSPS) is 12.1. The smallest absolute Gasteiger partial charge is 0.194 e. The van der Waals surface area contributed by atoms with E-state index in [1.807, 2.05) is 24.3 Å². The Kier molecular flexibility index (Phi) is 3.88. The average Bonchev–Trinajstić information content (AvgIpc) is 2.47. The summed E-state index contributed by atoms with van der Waals surface area (Å²) >= 11 is 0. The van der Waals surface area contributed by atoms with Gasteiger partial charge >= 0.3 is 0 Å². The lowest BCUT2D eigenvalue weighted by molar-refractivity contribution is 0.103. The summed E-state index contributed by atoms with van der Waals surface area (Å²) in [6.45, 7) is 4.36. The molecule has 0 aliphatic rings. The van der Waals surface area contributed by atoms with Gasteiger partial charge in [0.25, 0.3) is 0 Å². The van der Waals surface area contributed by atoms with E-state index >= 15 is 0 Å². The Labute approximate surface area is 108 Å². The van der Waals surface area contributed by atoms with E-state index in [0.717, 1.165) is 12.0 Å². The third-order valence-electron chi connectivity index (χ3n) is 3.28. The van der Waals surface area contributed by atoms with Gasteiger partial charge < -0.3 is 0 Å². The minimum Gasteiger partial charge on any atom is -0.289 e. The van der Waals surface area contributed by atoms with Crippen molar-refractivity contribution in [1.82, 2.24) is 4.98 Å². The maximum absolute atomic E-state index is 12.2. The van der Waals surface area contributed by atoms with Crippen LogP contribution in [-0.2, 0) is 0 Å². The molecule has 0 radical (unpaired) electrons. The maximum atomic E-state index is 12.2. The highest BCUT2D eigenvalue weighted by Gasteiger charge is 2.09. The van der Waals surface area contributed by atoms with Crippen molar-refractivity contribution in [3.63, 3.8) is 0 Å². The van der Waals surface area contributed by atoms with Gasteiger partial charge in [-0.1, -0.05) is 38.1 Å². The van der Waals surface area contributed by atoms with E-state index in [0.29, 0.717) is 11.5 Å². The molecule has 1 unspecified atom stereocenters. The molecule has 0 amide bonds. The highest BCUT2D eigenvalue weighted by molar-refractivity contribution is 6.08. The fourth-order valence-corrected chi connectivity index (χ4v) is 1.86. The third kappa shape index (κ3) is 2.65. The van der Waals surface area contributed by atoms with Crippen molar-refractivity contribution in [2.24, 2.45) is 0 Å². The van der Waals surface area contributed by atoms with Gasteiger partial charge in [-0.15, -0.1) is 0 Å². The molecule has 92 valence electrons. The van der Waals surface area contributed by atoms with E-state index in [-0.39, 0.29) is 5.78 Å². The Morgan fingerprint density at radius 1 is 1.17 bits per heavy atom. The average molecular weight is 239 g/mol. The van der Waals surface area contributed by atoms with Gasteiger partial charge in [-0.3, -0.25) is 9.78 Å². The van der Waals surface area contributed by atoms with Gasteiger partial charge in [0.1, 0.15) is 0 Å². The highest BCUT2D eigenvalue weighted by Crippen LogP contribution is 2.19. The quantitative estimate of drug-likeness (QED) is 0.759. The van der Waals surface area contributed by atoms with Gasteiger partial charge in [0, 0.05) is 23.5 Å². The molecule has 0 saturated carbocycles. The van der Waals surface area contributed by atoms with Gasteiger partial charge in [-0.25, -0.2) is 0 Å². The highest BCUT2D eigenvalue weighted by atomic mass is 16.1. The van der Waals surface area contributed by atoms with E-state index in [4.69, 9.17) is 0 Å². The van der Waals surface area contributed by atoms with Crippen LogP contribution in [0.5, 0.6) is 0 Å². The number of ketones is 1. The maximum Gasteiger partial charge on any atom is 0.194 e. The van der Waals surface area contributed by atoms with Crippen molar-refractivity contribution in [1.29, 1.82) is 0 Å². The van der Waals surface area contributed by atoms with Crippen molar-refractivity contribution < 1.29 is 4.79 Å². The first kappa shape index (κ1) is 12.5. The number of benzene rings is 1. The fourth-order valence-electron chi connectivity index (χ4n) is 1.86. The zero-order valence-electron chi connectivity index (χ0n) is 10.8. The molecular weight excluding hydrogens is 222 g/mol. The molecule has 1 aromatic heterocycles. The second-order valence-corrected chi connectivity index (χ2v) is 4.50. The number of carbonyl (C=O) groups excluding carboxylic acids is 1. The number of pyridine rings is 1. The zero-order chi connectivity index (χ0) is 13.0. The van der Waals surface area contributed by atoms with E-state index in [2.05, 4.69) is 18.8 Å². The van der Waals surface area contributed by atoms with Crippen LogP contribution < -0.4 is 0 Å². The first-order chi connectivity index (χ1) is 8.72. The van der Waals surface area contributed by atoms with E-state index < -0.39 is 0 Å². The molecule has 18 heavy (non-hydrogen) atoms. The van der Waals surface area contributed by atoms with Crippen LogP contribution in [0.15, 0.2) is 48.8 Å².